The molecule has 2 amide bonds. The van der Waals surface area contributed by atoms with Gasteiger partial charge in [-0.1, -0.05) is 92.7 Å². The van der Waals surface area contributed by atoms with E-state index in [9.17, 15) is 32.7 Å². The van der Waals surface area contributed by atoms with Gasteiger partial charge in [-0.15, -0.1) is 0 Å². The molecule has 0 bridgehead atoms. The van der Waals surface area contributed by atoms with E-state index in [-0.39, 0.29) is 41.8 Å². The lowest BCUT2D eigenvalue weighted by Gasteiger charge is -2.28. The zero-order chi connectivity index (χ0) is 34.0. The van der Waals surface area contributed by atoms with Crippen LogP contribution in [0.4, 0.5) is 11.4 Å². The zero-order valence-electron chi connectivity index (χ0n) is 26.1. The summed E-state index contributed by atoms with van der Waals surface area (Å²) in [5.74, 6) is -1.52. The van der Waals surface area contributed by atoms with E-state index in [1.807, 2.05) is 44.2 Å². The molecular weight excluding hydrogens is 620 g/mol. The number of aliphatic hydroxyl groups is 1. The number of carbonyl (C=O) groups is 2. The second-order valence-electron chi connectivity index (χ2n) is 11.5. The Morgan fingerprint density at radius 3 is 1.89 bits per heavy atom. The number of rotatable bonds is 15. The van der Waals surface area contributed by atoms with Crippen molar-refractivity contribution in [3.8, 4) is 0 Å². The zero-order valence-corrected chi connectivity index (χ0v) is 26.9. The van der Waals surface area contributed by atoms with Gasteiger partial charge in [-0.3, -0.25) is 24.6 Å². The van der Waals surface area contributed by atoms with E-state index in [1.165, 1.54) is 12.1 Å². The number of nitrogens with zero attached hydrogens (tertiary/aromatic N) is 1. The largest absolute Gasteiger partial charge is 0.394 e. The van der Waals surface area contributed by atoms with E-state index in [0.29, 0.717) is 12.0 Å². The number of aliphatic hydroxyl groups excluding tert-OH is 1. The highest BCUT2D eigenvalue weighted by Crippen LogP contribution is 2.21. The first-order valence-corrected chi connectivity index (χ1v) is 16.7. The lowest BCUT2D eigenvalue weighted by atomic mass is 10.0. The lowest BCUT2D eigenvalue weighted by molar-refractivity contribution is -0.139. The molecule has 4 rings (SSSR count). The van der Waals surface area contributed by atoms with Gasteiger partial charge < -0.3 is 15.7 Å². The fourth-order valence-electron chi connectivity index (χ4n) is 4.88. The van der Waals surface area contributed by atoms with Gasteiger partial charge >= 0.3 is 0 Å². The molecule has 0 aliphatic carbocycles. The SMILES string of the molecule is CC(C)C[C@H](Nc1c(NC(CO)Cc2ccccc2)c(=O)c1=O)C(=O)NN(Cc1ccccc1)C(=O)/C=C/S(=O)(=O)c1ccccc1. The van der Waals surface area contributed by atoms with E-state index in [1.54, 1.807) is 48.5 Å². The molecule has 2 atom stereocenters. The molecule has 0 saturated carbocycles. The molecule has 0 radical (unpaired) electrons. The summed E-state index contributed by atoms with van der Waals surface area (Å²) < 4.78 is 25.6. The molecule has 0 aliphatic heterocycles. The van der Waals surface area contributed by atoms with Gasteiger partial charge in [0.15, 0.2) is 9.84 Å². The average Bonchev–Trinajstić information content (AvgIpc) is 3.08. The standard InChI is InChI=1S/C35H38N4O7S/c1-24(2)20-29(37-32-31(33(42)34(32)43)36-27(23-40)21-25-12-6-3-7-13-25)35(44)38-39(22-26-14-8-4-9-15-26)30(41)18-19-47(45,46)28-16-10-5-11-17-28/h3-19,24,27,29,36-37,40H,20-23H2,1-2H3,(H,38,44)/b19-18+/t27?,29-/m0/s1. The third kappa shape index (κ3) is 9.47. The second-order valence-corrected chi connectivity index (χ2v) is 13.3. The Morgan fingerprint density at radius 2 is 1.34 bits per heavy atom. The van der Waals surface area contributed by atoms with Crippen LogP contribution in [0, 0.1) is 5.92 Å². The minimum atomic E-state index is -3.94. The Labute approximate surface area is 273 Å². The van der Waals surface area contributed by atoms with Crippen LogP contribution in [0.25, 0.3) is 0 Å². The van der Waals surface area contributed by atoms with Crippen molar-refractivity contribution in [1.29, 1.82) is 0 Å². The highest BCUT2D eigenvalue weighted by atomic mass is 32.2. The second kappa shape index (κ2) is 16.0. The fraction of sp³-hybridized carbons (Fsp3) is 0.257. The Kier molecular flexibility index (Phi) is 11.8. The van der Waals surface area contributed by atoms with E-state index in [2.05, 4.69) is 16.1 Å². The number of hydrazine groups is 1. The first kappa shape index (κ1) is 34.8. The van der Waals surface area contributed by atoms with Gasteiger partial charge in [0.2, 0.25) is 0 Å². The third-order valence-corrected chi connectivity index (χ3v) is 8.73. The molecule has 4 aromatic carbocycles. The maximum atomic E-state index is 13.7. The molecule has 11 nitrogen and oxygen atoms in total. The van der Waals surface area contributed by atoms with Crippen molar-refractivity contribution in [2.75, 3.05) is 17.2 Å². The van der Waals surface area contributed by atoms with Crippen LogP contribution in [0.5, 0.6) is 0 Å². The van der Waals surface area contributed by atoms with Crippen LogP contribution in [0.15, 0.2) is 117 Å². The topological polar surface area (TPSA) is 162 Å². The van der Waals surface area contributed by atoms with Crippen molar-refractivity contribution in [3.63, 3.8) is 0 Å². The van der Waals surface area contributed by atoms with Crippen LogP contribution in [0.3, 0.4) is 0 Å². The Hall–Kier alpha value is -5.07. The maximum absolute atomic E-state index is 13.7. The average molecular weight is 659 g/mol. The summed E-state index contributed by atoms with van der Waals surface area (Å²) in [5, 5.41) is 17.6. The first-order chi connectivity index (χ1) is 22.5. The first-order valence-electron chi connectivity index (χ1n) is 15.1. The summed E-state index contributed by atoms with van der Waals surface area (Å²) in [5.41, 5.74) is 2.47. The minimum Gasteiger partial charge on any atom is -0.394 e. The molecule has 246 valence electrons. The summed E-state index contributed by atoms with van der Waals surface area (Å²) >= 11 is 0. The molecule has 0 spiro atoms. The van der Waals surface area contributed by atoms with Gasteiger partial charge in [-0.25, -0.2) is 13.4 Å². The molecule has 4 N–H and O–H groups in total. The number of benzene rings is 3. The summed E-state index contributed by atoms with van der Waals surface area (Å²) in [6, 6.07) is 24.1. The number of hydrogen-bond acceptors (Lipinski definition) is 9. The van der Waals surface area contributed by atoms with E-state index in [4.69, 9.17) is 0 Å². The Bertz CT molecular complexity index is 1850. The predicted molar refractivity (Wildman–Crippen MR) is 181 cm³/mol. The van der Waals surface area contributed by atoms with E-state index < -0.39 is 44.6 Å². The Morgan fingerprint density at radius 1 is 0.809 bits per heavy atom. The molecular formula is C35H38N4O7S. The highest BCUT2D eigenvalue weighted by molar-refractivity contribution is 7.94. The summed E-state index contributed by atoms with van der Waals surface area (Å²) in [4.78, 5) is 52.3. The van der Waals surface area contributed by atoms with Crippen LogP contribution in [0.1, 0.15) is 31.4 Å². The Balaban J connectivity index is 1.55. The highest BCUT2D eigenvalue weighted by Gasteiger charge is 2.30. The van der Waals surface area contributed by atoms with Crippen molar-refractivity contribution in [1.82, 2.24) is 10.4 Å². The molecule has 1 unspecified atom stereocenters. The van der Waals surface area contributed by atoms with Crippen LogP contribution < -0.4 is 26.9 Å². The minimum absolute atomic E-state index is 0.00787. The maximum Gasteiger partial charge on any atom is 0.266 e. The van der Waals surface area contributed by atoms with Crippen molar-refractivity contribution in [2.45, 2.75) is 50.2 Å². The smallest absolute Gasteiger partial charge is 0.266 e. The molecule has 0 saturated heterocycles. The van der Waals surface area contributed by atoms with E-state index in [0.717, 1.165) is 22.1 Å². The summed E-state index contributed by atoms with van der Waals surface area (Å²) in [6.07, 6.45) is 1.48. The number of nitrogens with one attached hydrogen (secondary N) is 3. The quantitative estimate of drug-likeness (QED) is 0.0854. The third-order valence-electron chi connectivity index (χ3n) is 7.30. The lowest BCUT2D eigenvalue weighted by Crippen LogP contribution is -2.52. The number of amides is 2. The van der Waals surface area contributed by atoms with Crippen molar-refractivity contribution < 1.29 is 23.1 Å². The normalized spacial score (nSPS) is 12.9. The molecule has 0 aromatic heterocycles. The van der Waals surface area contributed by atoms with Crippen LogP contribution in [-0.2, 0) is 32.4 Å². The summed E-state index contributed by atoms with van der Waals surface area (Å²) in [6.45, 7) is 3.34. The molecule has 12 heteroatoms. The number of hydrogen-bond donors (Lipinski definition) is 4. The van der Waals surface area contributed by atoms with Crippen LogP contribution in [0.2, 0.25) is 0 Å². The van der Waals surface area contributed by atoms with Crippen LogP contribution >= 0.6 is 0 Å². The molecule has 0 fully saturated rings. The monoisotopic (exact) mass is 658 g/mol. The van der Waals surface area contributed by atoms with Gasteiger partial charge in [0, 0.05) is 11.5 Å². The van der Waals surface area contributed by atoms with E-state index >= 15 is 0 Å². The van der Waals surface area contributed by atoms with Gasteiger partial charge in [0.25, 0.3) is 22.7 Å². The molecule has 47 heavy (non-hydrogen) atoms. The molecule has 0 aliphatic rings. The van der Waals surface area contributed by atoms with Crippen molar-refractivity contribution >= 4 is 33.0 Å². The summed E-state index contributed by atoms with van der Waals surface area (Å²) in [7, 11) is -3.94. The van der Waals surface area contributed by atoms with Gasteiger partial charge in [-0.2, -0.15) is 0 Å². The molecule has 0 heterocycles. The predicted octanol–water partition coefficient (Wildman–Crippen LogP) is 3.17. The van der Waals surface area contributed by atoms with Crippen molar-refractivity contribution in [3.05, 3.63) is 134 Å². The van der Waals surface area contributed by atoms with Gasteiger partial charge in [0.1, 0.15) is 17.4 Å². The van der Waals surface area contributed by atoms with Crippen molar-refractivity contribution in [2.24, 2.45) is 5.92 Å². The number of sulfone groups is 1. The fourth-order valence-corrected chi connectivity index (χ4v) is 5.87. The van der Waals surface area contributed by atoms with Crippen LogP contribution in [-0.4, -0.2) is 49.0 Å². The number of anilines is 2. The molecule has 4 aromatic rings. The number of carbonyl (C=O) groups excluding carboxylic acids is 2. The van der Waals surface area contributed by atoms with Gasteiger partial charge in [0.05, 0.1) is 24.1 Å². The van der Waals surface area contributed by atoms with Gasteiger partial charge in [-0.05, 0) is 42.0 Å².